The molecule has 5 nitrogen and oxygen atoms in total. The lowest BCUT2D eigenvalue weighted by Gasteiger charge is -2.15. The Morgan fingerprint density at radius 1 is 1.16 bits per heavy atom. The van der Waals surface area contributed by atoms with Gasteiger partial charge in [0.2, 0.25) is 5.91 Å². The van der Waals surface area contributed by atoms with E-state index in [0.717, 1.165) is 18.4 Å². The summed E-state index contributed by atoms with van der Waals surface area (Å²) in [5.41, 5.74) is 2.64. The summed E-state index contributed by atoms with van der Waals surface area (Å²) in [4.78, 5) is 24.3. The van der Waals surface area contributed by atoms with Crippen molar-refractivity contribution in [2.24, 2.45) is 5.92 Å². The van der Waals surface area contributed by atoms with Crippen molar-refractivity contribution in [1.29, 1.82) is 5.26 Å². The number of nitrogens with zero attached hydrogens (tertiary/aromatic N) is 1. The number of amides is 2. The minimum Gasteiger partial charge on any atom is -0.346 e. The summed E-state index contributed by atoms with van der Waals surface area (Å²) in [6.07, 6.45) is 1.88. The molecule has 0 bridgehead atoms. The SMILES string of the molecule is CC(NC(=O)c1cccc(NC(=O)C2CC2)c1)c1ccc(C#N)cc1. The van der Waals surface area contributed by atoms with Crippen LogP contribution in [-0.4, -0.2) is 11.8 Å². The Labute approximate surface area is 146 Å². The highest BCUT2D eigenvalue weighted by Gasteiger charge is 2.29. The second kappa shape index (κ2) is 7.18. The third kappa shape index (κ3) is 4.24. The first-order valence-corrected chi connectivity index (χ1v) is 8.28. The maximum absolute atomic E-state index is 12.5. The van der Waals surface area contributed by atoms with Crippen LogP contribution in [0.25, 0.3) is 0 Å². The second-order valence-electron chi connectivity index (χ2n) is 6.27. The van der Waals surface area contributed by atoms with Gasteiger partial charge in [-0.1, -0.05) is 18.2 Å². The van der Waals surface area contributed by atoms with Crippen LogP contribution in [0.1, 0.15) is 47.3 Å². The van der Waals surface area contributed by atoms with Crippen molar-refractivity contribution in [3.8, 4) is 6.07 Å². The Kier molecular flexibility index (Phi) is 4.80. The van der Waals surface area contributed by atoms with Crippen molar-refractivity contribution in [3.63, 3.8) is 0 Å². The Balaban J connectivity index is 1.65. The lowest BCUT2D eigenvalue weighted by atomic mass is 10.1. The average Bonchev–Trinajstić information content (AvgIpc) is 3.47. The van der Waals surface area contributed by atoms with Crippen molar-refractivity contribution in [2.45, 2.75) is 25.8 Å². The second-order valence-corrected chi connectivity index (χ2v) is 6.27. The van der Waals surface area contributed by atoms with Crippen LogP contribution in [0.2, 0.25) is 0 Å². The standard InChI is InChI=1S/C20H19N3O2/c1-13(15-7-5-14(12-21)6-8-15)22-20(25)17-3-2-4-18(11-17)23-19(24)16-9-10-16/h2-8,11,13,16H,9-10H2,1H3,(H,22,25)(H,23,24). The minimum absolute atomic E-state index is 0.0171. The lowest BCUT2D eigenvalue weighted by Crippen LogP contribution is -2.26. The van der Waals surface area contributed by atoms with Crippen LogP contribution in [0.5, 0.6) is 0 Å². The molecule has 5 heteroatoms. The number of hydrogen-bond donors (Lipinski definition) is 2. The molecule has 0 spiro atoms. The van der Waals surface area contributed by atoms with Gasteiger partial charge in [0.05, 0.1) is 17.7 Å². The normalized spacial score (nSPS) is 14.2. The van der Waals surface area contributed by atoms with E-state index >= 15 is 0 Å². The van der Waals surface area contributed by atoms with Gasteiger partial charge in [-0.05, 0) is 55.7 Å². The van der Waals surface area contributed by atoms with Gasteiger partial charge in [-0.2, -0.15) is 5.26 Å². The fraction of sp³-hybridized carbons (Fsp3) is 0.250. The minimum atomic E-state index is -0.209. The van der Waals surface area contributed by atoms with E-state index in [1.165, 1.54) is 0 Å². The van der Waals surface area contributed by atoms with E-state index in [2.05, 4.69) is 16.7 Å². The predicted molar refractivity (Wildman–Crippen MR) is 94.8 cm³/mol. The van der Waals surface area contributed by atoms with Crippen molar-refractivity contribution in [1.82, 2.24) is 5.32 Å². The van der Waals surface area contributed by atoms with Gasteiger partial charge in [0.25, 0.3) is 5.91 Å². The van der Waals surface area contributed by atoms with Crippen LogP contribution in [0.15, 0.2) is 48.5 Å². The summed E-state index contributed by atoms with van der Waals surface area (Å²) in [7, 11) is 0. The van der Waals surface area contributed by atoms with Gasteiger partial charge < -0.3 is 10.6 Å². The molecular weight excluding hydrogens is 314 g/mol. The van der Waals surface area contributed by atoms with Crippen LogP contribution in [-0.2, 0) is 4.79 Å². The molecule has 1 aliphatic carbocycles. The van der Waals surface area contributed by atoms with Crippen molar-refractivity contribution < 1.29 is 9.59 Å². The summed E-state index contributed by atoms with van der Waals surface area (Å²) in [6, 6.07) is 15.9. The highest BCUT2D eigenvalue weighted by atomic mass is 16.2. The third-order valence-electron chi connectivity index (χ3n) is 4.23. The first-order chi connectivity index (χ1) is 12.1. The zero-order valence-electron chi connectivity index (χ0n) is 14.0. The molecule has 2 amide bonds. The molecule has 2 aromatic carbocycles. The number of rotatable bonds is 5. The molecule has 0 heterocycles. The van der Waals surface area contributed by atoms with E-state index in [1.54, 1.807) is 36.4 Å². The van der Waals surface area contributed by atoms with E-state index in [0.29, 0.717) is 16.8 Å². The number of hydrogen-bond acceptors (Lipinski definition) is 3. The Morgan fingerprint density at radius 3 is 2.52 bits per heavy atom. The fourth-order valence-corrected chi connectivity index (χ4v) is 2.54. The molecule has 0 saturated heterocycles. The number of nitrogens with one attached hydrogen (secondary N) is 2. The summed E-state index contributed by atoms with van der Waals surface area (Å²) in [5, 5.41) is 14.6. The maximum Gasteiger partial charge on any atom is 0.251 e. The molecule has 2 aromatic rings. The van der Waals surface area contributed by atoms with Gasteiger partial charge >= 0.3 is 0 Å². The monoisotopic (exact) mass is 333 g/mol. The molecule has 1 fully saturated rings. The van der Waals surface area contributed by atoms with Crippen LogP contribution in [0.3, 0.4) is 0 Å². The van der Waals surface area contributed by atoms with Crippen LogP contribution in [0, 0.1) is 17.2 Å². The zero-order chi connectivity index (χ0) is 17.8. The molecular formula is C20H19N3O2. The molecule has 1 unspecified atom stereocenters. The van der Waals surface area contributed by atoms with Gasteiger partial charge in [0.1, 0.15) is 0 Å². The van der Waals surface area contributed by atoms with Gasteiger partial charge in [-0.15, -0.1) is 0 Å². The number of nitriles is 1. The number of carbonyl (C=O) groups excluding carboxylic acids is 2. The Morgan fingerprint density at radius 2 is 1.88 bits per heavy atom. The molecule has 1 atom stereocenters. The predicted octanol–water partition coefficient (Wildman–Crippen LogP) is 3.40. The van der Waals surface area contributed by atoms with Crippen LogP contribution in [0.4, 0.5) is 5.69 Å². The number of carbonyl (C=O) groups is 2. The first-order valence-electron chi connectivity index (χ1n) is 8.28. The zero-order valence-corrected chi connectivity index (χ0v) is 14.0. The summed E-state index contributed by atoms with van der Waals surface area (Å²) in [6.45, 7) is 1.89. The molecule has 0 radical (unpaired) electrons. The van der Waals surface area contributed by atoms with Crippen molar-refractivity contribution in [2.75, 3.05) is 5.32 Å². The van der Waals surface area contributed by atoms with Gasteiger partial charge in [0, 0.05) is 17.2 Å². The lowest BCUT2D eigenvalue weighted by molar-refractivity contribution is -0.117. The Bertz CT molecular complexity index is 833. The quantitative estimate of drug-likeness (QED) is 0.880. The maximum atomic E-state index is 12.5. The highest BCUT2D eigenvalue weighted by Crippen LogP contribution is 2.30. The molecule has 0 aliphatic heterocycles. The molecule has 2 N–H and O–H groups in total. The first kappa shape index (κ1) is 16.7. The highest BCUT2D eigenvalue weighted by molar-refractivity contribution is 5.98. The van der Waals surface area contributed by atoms with Crippen molar-refractivity contribution in [3.05, 3.63) is 65.2 Å². The molecule has 25 heavy (non-hydrogen) atoms. The fourth-order valence-electron chi connectivity index (χ4n) is 2.54. The topological polar surface area (TPSA) is 82.0 Å². The van der Waals surface area contributed by atoms with E-state index < -0.39 is 0 Å². The van der Waals surface area contributed by atoms with Crippen LogP contribution < -0.4 is 10.6 Å². The average molecular weight is 333 g/mol. The summed E-state index contributed by atoms with van der Waals surface area (Å²) >= 11 is 0. The third-order valence-corrected chi connectivity index (χ3v) is 4.23. The Hall–Kier alpha value is -3.13. The van der Waals surface area contributed by atoms with Gasteiger partial charge in [-0.3, -0.25) is 9.59 Å². The van der Waals surface area contributed by atoms with Gasteiger partial charge in [-0.25, -0.2) is 0 Å². The van der Waals surface area contributed by atoms with E-state index in [4.69, 9.17) is 5.26 Å². The van der Waals surface area contributed by atoms with Gasteiger partial charge in [0.15, 0.2) is 0 Å². The van der Waals surface area contributed by atoms with E-state index in [9.17, 15) is 9.59 Å². The number of anilines is 1. The summed E-state index contributed by atoms with van der Waals surface area (Å²) < 4.78 is 0. The molecule has 126 valence electrons. The largest absolute Gasteiger partial charge is 0.346 e. The molecule has 0 aromatic heterocycles. The van der Waals surface area contributed by atoms with E-state index in [1.807, 2.05) is 19.1 Å². The van der Waals surface area contributed by atoms with E-state index in [-0.39, 0.29) is 23.8 Å². The molecule has 1 aliphatic rings. The van der Waals surface area contributed by atoms with Crippen LogP contribution >= 0.6 is 0 Å². The molecule has 3 rings (SSSR count). The smallest absolute Gasteiger partial charge is 0.251 e. The number of benzene rings is 2. The summed E-state index contributed by atoms with van der Waals surface area (Å²) in [5.74, 6) is -0.0724. The molecule has 1 saturated carbocycles. The van der Waals surface area contributed by atoms with Crippen molar-refractivity contribution >= 4 is 17.5 Å².